The minimum absolute atomic E-state index is 0.262. The fraction of sp³-hybridized carbons (Fsp3) is 0.231. The minimum atomic E-state index is 0.262. The number of nitrogens with one attached hydrogen (secondary N) is 1. The summed E-state index contributed by atoms with van der Waals surface area (Å²) in [6, 6.07) is 8.76. The molecule has 0 bridgehead atoms. The van der Waals surface area contributed by atoms with Gasteiger partial charge in [0.15, 0.2) is 0 Å². The van der Waals surface area contributed by atoms with Crippen LogP contribution in [0.25, 0.3) is 0 Å². The number of aromatic nitrogens is 2. The fourth-order valence-corrected chi connectivity index (χ4v) is 1.54. The highest BCUT2D eigenvalue weighted by Crippen LogP contribution is 2.15. The number of methoxy groups -OCH3 is 1. The summed E-state index contributed by atoms with van der Waals surface area (Å²) in [6.45, 7) is 2.44. The van der Waals surface area contributed by atoms with Crippen molar-refractivity contribution >= 4 is 5.82 Å². The van der Waals surface area contributed by atoms with Crippen LogP contribution in [0.3, 0.4) is 0 Å². The van der Waals surface area contributed by atoms with E-state index in [-0.39, 0.29) is 5.75 Å². The second kappa shape index (κ2) is 5.35. The molecule has 2 rings (SSSR count). The lowest BCUT2D eigenvalue weighted by molar-refractivity contribution is 0.396. The van der Waals surface area contributed by atoms with E-state index >= 15 is 0 Å². The van der Waals surface area contributed by atoms with E-state index in [0.717, 1.165) is 5.56 Å². The molecule has 94 valence electrons. The van der Waals surface area contributed by atoms with Crippen molar-refractivity contribution in [3.8, 4) is 11.6 Å². The third-order valence-electron chi connectivity index (χ3n) is 2.43. The quantitative estimate of drug-likeness (QED) is 0.863. The zero-order valence-corrected chi connectivity index (χ0v) is 10.3. The number of nitrogens with zero attached hydrogens (tertiary/aromatic N) is 2. The summed E-state index contributed by atoms with van der Waals surface area (Å²) in [5.74, 6) is 2.17. The van der Waals surface area contributed by atoms with E-state index in [4.69, 9.17) is 4.74 Å². The van der Waals surface area contributed by atoms with Crippen LogP contribution in [0.5, 0.6) is 11.6 Å². The number of benzene rings is 1. The molecule has 2 N–H and O–H groups in total. The van der Waals surface area contributed by atoms with Crippen LogP contribution >= 0.6 is 0 Å². The molecule has 1 heterocycles. The predicted molar refractivity (Wildman–Crippen MR) is 68.8 cm³/mol. The number of hydrogen-bond donors (Lipinski definition) is 2. The molecule has 0 radical (unpaired) electrons. The zero-order chi connectivity index (χ0) is 13.0. The van der Waals surface area contributed by atoms with Crippen LogP contribution in [-0.4, -0.2) is 22.2 Å². The lowest BCUT2D eigenvalue weighted by Crippen LogP contribution is -2.03. The molecule has 2 aromatic rings. The van der Waals surface area contributed by atoms with Gasteiger partial charge in [0.1, 0.15) is 17.4 Å². The van der Waals surface area contributed by atoms with Crippen LogP contribution in [0.4, 0.5) is 5.82 Å². The molecule has 0 unspecified atom stereocenters. The molecular formula is C13H15N3O2. The number of aryl methyl sites for hydroxylation is 1. The number of phenols is 1. The smallest absolute Gasteiger partial charge is 0.218 e. The van der Waals surface area contributed by atoms with Crippen molar-refractivity contribution in [1.29, 1.82) is 0 Å². The van der Waals surface area contributed by atoms with Gasteiger partial charge < -0.3 is 15.2 Å². The van der Waals surface area contributed by atoms with Crippen LogP contribution in [0.1, 0.15) is 11.4 Å². The van der Waals surface area contributed by atoms with Crippen molar-refractivity contribution in [3.63, 3.8) is 0 Å². The second-order valence-electron chi connectivity index (χ2n) is 3.86. The maximum Gasteiger partial charge on any atom is 0.218 e. The van der Waals surface area contributed by atoms with Gasteiger partial charge in [-0.25, -0.2) is 4.98 Å². The van der Waals surface area contributed by atoms with Crippen LogP contribution in [0.15, 0.2) is 30.3 Å². The number of hydrogen-bond acceptors (Lipinski definition) is 5. The Morgan fingerprint density at radius 2 is 1.94 bits per heavy atom. The summed E-state index contributed by atoms with van der Waals surface area (Å²) in [6.07, 6.45) is 0. The molecule has 1 aromatic carbocycles. The Bertz CT molecular complexity index is 526. The van der Waals surface area contributed by atoms with E-state index in [0.29, 0.717) is 24.1 Å². The van der Waals surface area contributed by atoms with Gasteiger partial charge in [0.25, 0.3) is 0 Å². The molecule has 0 saturated carbocycles. The van der Waals surface area contributed by atoms with Crippen LogP contribution in [0, 0.1) is 6.92 Å². The molecule has 5 nitrogen and oxygen atoms in total. The Hall–Kier alpha value is -2.30. The number of anilines is 1. The summed E-state index contributed by atoms with van der Waals surface area (Å²) >= 11 is 0. The van der Waals surface area contributed by atoms with E-state index in [1.807, 2.05) is 19.1 Å². The van der Waals surface area contributed by atoms with Crippen LogP contribution in [-0.2, 0) is 6.54 Å². The molecule has 0 amide bonds. The summed E-state index contributed by atoms with van der Waals surface area (Å²) < 4.78 is 5.08. The average molecular weight is 245 g/mol. The molecule has 18 heavy (non-hydrogen) atoms. The van der Waals surface area contributed by atoms with Crippen molar-refractivity contribution in [2.24, 2.45) is 0 Å². The predicted octanol–water partition coefficient (Wildman–Crippen LogP) is 2.11. The highest BCUT2D eigenvalue weighted by molar-refractivity contribution is 5.39. The van der Waals surface area contributed by atoms with Crippen LogP contribution in [0.2, 0.25) is 0 Å². The third-order valence-corrected chi connectivity index (χ3v) is 2.43. The van der Waals surface area contributed by atoms with E-state index < -0.39 is 0 Å². The lowest BCUT2D eigenvalue weighted by atomic mass is 10.2. The monoisotopic (exact) mass is 245 g/mol. The van der Waals surface area contributed by atoms with E-state index in [1.165, 1.54) is 0 Å². The van der Waals surface area contributed by atoms with Crippen molar-refractivity contribution < 1.29 is 9.84 Å². The van der Waals surface area contributed by atoms with Crippen LogP contribution < -0.4 is 10.1 Å². The van der Waals surface area contributed by atoms with E-state index in [9.17, 15) is 5.11 Å². The maximum atomic E-state index is 9.19. The Labute approximate surface area is 105 Å². The summed E-state index contributed by atoms with van der Waals surface area (Å²) in [7, 11) is 1.57. The molecular weight excluding hydrogens is 230 g/mol. The number of phenolic OH excluding ortho intramolecular Hbond substituents is 1. The first-order valence-corrected chi connectivity index (χ1v) is 5.59. The normalized spacial score (nSPS) is 10.1. The van der Waals surface area contributed by atoms with Gasteiger partial charge in [-0.2, -0.15) is 4.98 Å². The average Bonchev–Trinajstić information content (AvgIpc) is 2.37. The molecule has 0 aliphatic heterocycles. The van der Waals surface area contributed by atoms with Gasteiger partial charge in [-0.1, -0.05) is 12.1 Å². The number of ether oxygens (including phenoxy) is 1. The van der Waals surface area contributed by atoms with Gasteiger partial charge in [-0.3, -0.25) is 0 Å². The Balaban J connectivity index is 2.05. The summed E-state index contributed by atoms with van der Waals surface area (Å²) in [5, 5.41) is 12.4. The summed E-state index contributed by atoms with van der Waals surface area (Å²) in [4.78, 5) is 8.38. The van der Waals surface area contributed by atoms with Gasteiger partial charge >= 0.3 is 0 Å². The van der Waals surface area contributed by atoms with Crippen molar-refractivity contribution in [2.45, 2.75) is 13.5 Å². The highest BCUT2D eigenvalue weighted by Gasteiger charge is 2.01. The van der Waals surface area contributed by atoms with Gasteiger partial charge in [-0.05, 0) is 24.6 Å². The molecule has 0 fully saturated rings. The SMILES string of the molecule is COc1cc(NCc2ccc(O)cc2)nc(C)n1. The zero-order valence-electron chi connectivity index (χ0n) is 10.3. The van der Waals surface area contributed by atoms with E-state index in [2.05, 4.69) is 15.3 Å². The third kappa shape index (κ3) is 3.10. The van der Waals surface area contributed by atoms with Crippen molar-refractivity contribution in [2.75, 3.05) is 12.4 Å². The Kier molecular flexibility index (Phi) is 3.62. The standard InChI is InChI=1S/C13H15N3O2/c1-9-15-12(7-13(16-9)18-2)14-8-10-3-5-11(17)6-4-10/h3-7,17H,8H2,1-2H3,(H,14,15,16). The van der Waals surface area contributed by atoms with Gasteiger partial charge in [-0.15, -0.1) is 0 Å². The molecule has 0 saturated heterocycles. The first-order valence-electron chi connectivity index (χ1n) is 5.59. The fourth-order valence-electron chi connectivity index (χ4n) is 1.54. The largest absolute Gasteiger partial charge is 0.508 e. The molecule has 1 aromatic heterocycles. The number of rotatable bonds is 4. The maximum absolute atomic E-state index is 9.19. The molecule has 0 atom stereocenters. The number of aromatic hydroxyl groups is 1. The topological polar surface area (TPSA) is 67.3 Å². The Morgan fingerprint density at radius 1 is 1.22 bits per heavy atom. The van der Waals surface area contributed by atoms with Gasteiger partial charge in [0.05, 0.1) is 7.11 Å². The first kappa shape index (κ1) is 12.2. The molecule has 5 heteroatoms. The van der Waals surface area contributed by atoms with Gasteiger partial charge in [0, 0.05) is 12.6 Å². The Morgan fingerprint density at radius 3 is 2.61 bits per heavy atom. The summed E-state index contributed by atoms with van der Waals surface area (Å²) in [5.41, 5.74) is 1.06. The first-order chi connectivity index (χ1) is 8.67. The van der Waals surface area contributed by atoms with Crippen molar-refractivity contribution in [3.05, 3.63) is 41.7 Å². The highest BCUT2D eigenvalue weighted by atomic mass is 16.5. The second-order valence-corrected chi connectivity index (χ2v) is 3.86. The molecule has 0 spiro atoms. The minimum Gasteiger partial charge on any atom is -0.508 e. The lowest BCUT2D eigenvalue weighted by Gasteiger charge is -2.08. The molecule has 0 aliphatic carbocycles. The van der Waals surface area contributed by atoms with Gasteiger partial charge in [0.2, 0.25) is 5.88 Å². The van der Waals surface area contributed by atoms with E-state index in [1.54, 1.807) is 25.3 Å². The molecule has 0 aliphatic rings. The van der Waals surface area contributed by atoms with Crippen molar-refractivity contribution in [1.82, 2.24) is 9.97 Å².